The average Bonchev–Trinajstić information content (AvgIpc) is 2.57. The first kappa shape index (κ1) is 16.2. The van der Waals surface area contributed by atoms with Crippen LogP contribution in [0.15, 0.2) is 48.7 Å². The summed E-state index contributed by atoms with van der Waals surface area (Å²) >= 11 is 0. The van der Waals surface area contributed by atoms with Crippen LogP contribution >= 0.6 is 0 Å². The highest BCUT2D eigenvalue weighted by molar-refractivity contribution is 5.94. The van der Waals surface area contributed by atoms with Crippen LogP contribution in [-0.4, -0.2) is 33.4 Å². The predicted octanol–water partition coefficient (Wildman–Crippen LogP) is 3.22. The molecule has 1 aliphatic carbocycles. The molecule has 1 aromatic carbocycles. The van der Waals surface area contributed by atoms with Crippen molar-refractivity contribution in [3.8, 4) is 0 Å². The van der Waals surface area contributed by atoms with Crippen LogP contribution in [0, 0.1) is 5.92 Å². The van der Waals surface area contributed by atoms with Crippen LogP contribution in [0.25, 0.3) is 0 Å². The van der Waals surface area contributed by atoms with Crippen molar-refractivity contribution in [1.29, 1.82) is 0 Å². The van der Waals surface area contributed by atoms with Gasteiger partial charge in [-0.05, 0) is 36.5 Å². The van der Waals surface area contributed by atoms with Crippen molar-refractivity contribution in [3.05, 3.63) is 65.5 Å². The number of carboxylic acid groups (broad SMARTS) is 1. The lowest BCUT2D eigenvalue weighted by atomic mass is 9.85. The summed E-state index contributed by atoms with van der Waals surface area (Å²) < 4.78 is 0. The van der Waals surface area contributed by atoms with Crippen molar-refractivity contribution in [1.82, 2.24) is 9.88 Å². The van der Waals surface area contributed by atoms with Gasteiger partial charge < -0.3 is 10.0 Å². The summed E-state index contributed by atoms with van der Waals surface area (Å²) in [7, 11) is 0. The van der Waals surface area contributed by atoms with E-state index in [9.17, 15) is 9.59 Å². The Kier molecular flexibility index (Phi) is 4.89. The third kappa shape index (κ3) is 3.79. The summed E-state index contributed by atoms with van der Waals surface area (Å²) in [5.74, 6) is -0.635. The van der Waals surface area contributed by atoms with E-state index < -0.39 is 5.97 Å². The molecule has 0 spiro atoms. The van der Waals surface area contributed by atoms with Gasteiger partial charge in [-0.1, -0.05) is 36.8 Å². The molecular formula is C19H20N2O3. The Hall–Kier alpha value is -2.69. The van der Waals surface area contributed by atoms with Gasteiger partial charge in [0, 0.05) is 19.3 Å². The van der Waals surface area contributed by atoms with E-state index in [1.54, 1.807) is 0 Å². The molecule has 1 N–H and O–H groups in total. The van der Waals surface area contributed by atoms with Crippen molar-refractivity contribution >= 4 is 11.9 Å². The van der Waals surface area contributed by atoms with E-state index in [1.165, 1.54) is 24.8 Å². The van der Waals surface area contributed by atoms with Gasteiger partial charge in [0.05, 0.1) is 5.56 Å². The van der Waals surface area contributed by atoms with Crippen molar-refractivity contribution in [2.45, 2.75) is 25.8 Å². The van der Waals surface area contributed by atoms with E-state index in [0.717, 1.165) is 24.9 Å². The Labute approximate surface area is 140 Å². The fourth-order valence-corrected chi connectivity index (χ4v) is 2.84. The molecule has 1 aromatic heterocycles. The second-order valence-corrected chi connectivity index (χ2v) is 6.21. The molecule has 0 unspecified atom stereocenters. The number of aromatic nitrogens is 1. The SMILES string of the molecule is O=C(O)c1ccc(C(=O)N(Cc2ccccc2)CC2CCC2)cn1. The Morgan fingerprint density at radius 2 is 1.88 bits per heavy atom. The van der Waals surface area contributed by atoms with Crippen LogP contribution in [0.5, 0.6) is 0 Å². The molecule has 0 bridgehead atoms. The molecule has 3 rings (SSSR count). The third-order valence-corrected chi connectivity index (χ3v) is 4.44. The van der Waals surface area contributed by atoms with Gasteiger partial charge in [-0.15, -0.1) is 0 Å². The van der Waals surface area contributed by atoms with E-state index in [0.29, 0.717) is 18.0 Å². The molecule has 2 aromatic rings. The number of carbonyl (C=O) groups is 2. The second kappa shape index (κ2) is 7.25. The third-order valence-electron chi connectivity index (χ3n) is 4.44. The Bertz CT molecular complexity index is 709. The Morgan fingerprint density at radius 1 is 1.12 bits per heavy atom. The van der Waals surface area contributed by atoms with Gasteiger partial charge in [-0.2, -0.15) is 0 Å². The predicted molar refractivity (Wildman–Crippen MR) is 89.7 cm³/mol. The summed E-state index contributed by atoms with van der Waals surface area (Å²) in [6.45, 7) is 1.28. The standard InChI is InChI=1S/C19H20N2O3/c22-18(16-9-10-17(19(23)24)20-11-16)21(13-15-7-4-8-15)12-14-5-2-1-3-6-14/h1-3,5-6,9-11,15H,4,7-8,12-13H2,(H,23,24). The molecule has 24 heavy (non-hydrogen) atoms. The lowest BCUT2D eigenvalue weighted by molar-refractivity contribution is 0.0669. The molecule has 1 fully saturated rings. The quantitative estimate of drug-likeness (QED) is 0.885. The molecule has 5 heteroatoms. The smallest absolute Gasteiger partial charge is 0.354 e. The Balaban J connectivity index is 1.77. The van der Waals surface area contributed by atoms with Crippen LogP contribution in [0.2, 0.25) is 0 Å². The molecule has 0 aliphatic heterocycles. The maximum Gasteiger partial charge on any atom is 0.354 e. The second-order valence-electron chi connectivity index (χ2n) is 6.21. The highest BCUT2D eigenvalue weighted by Gasteiger charge is 2.25. The fourth-order valence-electron chi connectivity index (χ4n) is 2.84. The maximum atomic E-state index is 12.8. The van der Waals surface area contributed by atoms with E-state index >= 15 is 0 Å². The molecular weight excluding hydrogens is 304 g/mol. The van der Waals surface area contributed by atoms with Gasteiger partial charge in [-0.3, -0.25) is 4.79 Å². The summed E-state index contributed by atoms with van der Waals surface area (Å²) in [5, 5.41) is 8.92. The first-order valence-electron chi connectivity index (χ1n) is 8.16. The van der Waals surface area contributed by atoms with Crippen molar-refractivity contribution < 1.29 is 14.7 Å². The number of nitrogens with zero attached hydrogens (tertiary/aromatic N) is 2. The van der Waals surface area contributed by atoms with Crippen LogP contribution < -0.4 is 0 Å². The Morgan fingerprint density at radius 3 is 2.42 bits per heavy atom. The van der Waals surface area contributed by atoms with E-state index in [2.05, 4.69) is 4.98 Å². The van der Waals surface area contributed by atoms with Gasteiger partial charge in [0.2, 0.25) is 0 Å². The van der Waals surface area contributed by atoms with E-state index in [-0.39, 0.29) is 11.6 Å². The van der Waals surface area contributed by atoms with Gasteiger partial charge in [0.25, 0.3) is 5.91 Å². The first-order valence-corrected chi connectivity index (χ1v) is 8.16. The van der Waals surface area contributed by atoms with Gasteiger partial charge in [0.1, 0.15) is 5.69 Å². The number of hydrogen-bond acceptors (Lipinski definition) is 3. The molecule has 0 saturated heterocycles. The van der Waals surface area contributed by atoms with Crippen LogP contribution in [0.1, 0.15) is 45.7 Å². The van der Waals surface area contributed by atoms with Crippen molar-refractivity contribution in [2.75, 3.05) is 6.54 Å². The number of amides is 1. The lowest BCUT2D eigenvalue weighted by Crippen LogP contribution is -2.37. The maximum absolute atomic E-state index is 12.8. The molecule has 124 valence electrons. The van der Waals surface area contributed by atoms with Gasteiger partial charge in [0.15, 0.2) is 0 Å². The molecule has 0 atom stereocenters. The number of carbonyl (C=O) groups excluding carboxylic acids is 1. The average molecular weight is 324 g/mol. The number of hydrogen-bond donors (Lipinski definition) is 1. The largest absolute Gasteiger partial charge is 0.477 e. The number of benzene rings is 1. The van der Waals surface area contributed by atoms with E-state index in [1.807, 2.05) is 35.2 Å². The summed E-state index contributed by atoms with van der Waals surface area (Å²) in [5.41, 5.74) is 1.45. The number of rotatable bonds is 6. The van der Waals surface area contributed by atoms with Crippen LogP contribution in [0.3, 0.4) is 0 Å². The number of aromatic carboxylic acids is 1. The van der Waals surface area contributed by atoms with Crippen molar-refractivity contribution in [2.24, 2.45) is 5.92 Å². The topological polar surface area (TPSA) is 70.5 Å². The molecule has 1 amide bonds. The number of carboxylic acids is 1. The highest BCUT2D eigenvalue weighted by atomic mass is 16.4. The molecule has 1 heterocycles. The van der Waals surface area contributed by atoms with Crippen LogP contribution in [0.4, 0.5) is 0 Å². The first-order chi connectivity index (χ1) is 11.6. The summed E-state index contributed by atoms with van der Waals surface area (Å²) in [6, 6.07) is 12.8. The van der Waals surface area contributed by atoms with E-state index in [4.69, 9.17) is 5.11 Å². The minimum Gasteiger partial charge on any atom is -0.477 e. The molecule has 1 saturated carbocycles. The lowest BCUT2D eigenvalue weighted by Gasteiger charge is -2.32. The number of pyridine rings is 1. The van der Waals surface area contributed by atoms with Crippen molar-refractivity contribution in [3.63, 3.8) is 0 Å². The molecule has 0 radical (unpaired) electrons. The van der Waals surface area contributed by atoms with Gasteiger partial charge >= 0.3 is 5.97 Å². The molecule has 5 nitrogen and oxygen atoms in total. The minimum absolute atomic E-state index is 0.0554. The highest BCUT2D eigenvalue weighted by Crippen LogP contribution is 2.28. The van der Waals surface area contributed by atoms with Crippen LogP contribution in [-0.2, 0) is 6.54 Å². The fraction of sp³-hybridized carbons (Fsp3) is 0.316. The zero-order valence-corrected chi connectivity index (χ0v) is 13.4. The minimum atomic E-state index is -1.09. The zero-order chi connectivity index (χ0) is 16.9. The summed E-state index contributed by atoms with van der Waals surface area (Å²) in [4.78, 5) is 29.4. The monoisotopic (exact) mass is 324 g/mol. The van der Waals surface area contributed by atoms with Gasteiger partial charge in [-0.25, -0.2) is 9.78 Å². The molecule has 1 aliphatic rings. The summed E-state index contributed by atoms with van der Waals surface area (Å²) in [6.07, 6.45) is 4.90. The zero-order valence-electron chi connectivity index (χ0n) is 13.4. The normalized spacial score (nSPS) is 14.0.